The standard InChI is InChI=1S/C16H13FN2O2/c17-14-9-13(10-18-11-14)16(21)19-15-6-3-5-12(8-15)4-1-2-7-20/h3,5-6,8-11,20H,2,7H2,(H,19,21). The molecular weight excluding hydrogens is 271 g/mol. The summed E-state index contributed by atoms with van der Waals surface area (Å²) in [6.07, 6.45) is 2.73. The number of hydrogen-bond donors (Lipinski definition) is 2. The molecule has 0 aliphatic heterocycles. The van der Waals surface area contributed by atoms with Gasteiger partial charge >= 0.3 is 0 Å². The summed E-state index contributed by atoms with van der Waals surface area (Å²) in [5, 5.41) is 11.3. The second-order valence-electron chi connectivity index (χ2n) is 4.20. The third kappa shape index (κ3) is 4.41. The van der Waals surface area contributed by atoms with Crippen molar-refractivity contribution in [1.29, 1.82) is 0 Å². The fourth-order valence-electron chi connectivity index (χ4n) is 1.63. The largest absolute Gasteiger partial charge is 0.395 e. The number of nitrogens with one attached hydrogen (secondary N) is 1. The fraction of sp³-hybridized carbons (Fsp3) is 0.125. The highest BCUT2D eigenvalue weighted by Gasteiger charge is 2.07. The first-order valence-corrected chi connectivity index (χ1v) is 6.31. The molecule has 0 bridgehead atoms. The monoisotopic (exact) mass is 284 g/mol. The van der Waals surface area contributed by atoms with Gasteiger partial charge in [0.05, 0.1) is 18.4 Å². The highest BCUT2D eigenvalue weighted by molar-refractivity contribution is 6.04. The Labute approximate surface area is 121 Å². The number of pyridine rings is 1. The third-order valence-corrected chi connectivity index (χ3v) is 2.56. The maximum Gasteiger partial charge on any atom is 0.257 e. The molecule has 0 atom stereocenters. The van der Waals surface area contributed by atoms with E-state index >= 15 is 0 Å². The molecule has 2 N–H and O–H groups in total. The zero-order valence-corrected chi connectivity index (χ0v) is 11.1. The van der Waals surface area contributed by atoms with Crippen molar-refractivity contribution in [3.63, 3.8) is 0 Å². The lowest BCUT2D eigenvalue weighted by Crippen LogP contribution is -2.12. The van der Waals surface area contributed by atoms with Crippen molar-refractivity contribution < 1.29 is 14.3 Å². The topological polar surface area (TPSA) is 62.2 Å². The summed E-state index contributed by atoms with van der Waals surface area (Å²) in [6.45, 7) is 0.00992. The minimum Gasteiger partial charge on any atom is -0.395 e. The van der Waals surface area contributed by atoms with Crippen molar-refractivity contribution in [2.24, 2.45) is 0 Å². The molecule has 106 valence electrons. The molecule has 1 aromatic carbocycles. The van der Waals surface area contributed by atoms with Gasteiger partial charge in [0.1, 0.15) is 5.82 Å². The molecule has 0 fully saturated rings. The Morgan fingerprint density at radius 1 is 1.33 bits per heavy atom. The van der Waals surface area contributed by atoms with Crippen LogP contribution in [0.1, 0.15) is 22.3 Å². The number of benzene rings is 1. The van der Waals surface area contributed by atoms with Gasteiger partial charge in [-0.05, 0) is 24.3 Å². The number of halogens is 1. The van der Waals surface area contributed by atoms with Crippen molar-refractivity contribution in [2.75, 3.05) is 11.9 Å². The Morgan fingerprint density at radius 3 is 2.95 bits per heavy atom. The first kappa shape index (κ1) is 14.7. The van der Waals surface area contributed by atoms with Crippen molar-refractivity contribution in [3.05, 3.63) is 59.7 Å². The van der Waals surface area contributed by atoms with E-state index in [1.807, 2.05) is 0 Å². The Morgan fingerprint density at radius 2 is 2.19 bits per heavy atom. The Hall–Kier alpha value is -2.71. The normalized spacial score (nSPS) is 9.62. The lowest BCUT2D eigenvalue weighted by Gasteiger charge is -2.05. The molecule has 0 aliphatic rings. The number of hydrogen-bond acceptors (Lipinski definition) is 3. The molecule has 0 unspecified atom stereocenters. The van der Waals surface area contributed by atoms with E-state index in [9.17, 15) is 9.18 Å². The van der Waals surface area contributed by atoms with Gasteiger partial charge in [-0.2, -0.15) is 0 Å². The summed E-state index contributed by atoms with van der Waals surface area (Å²) < 4.78 is 13.0. The summed E-state index contributed by atoms with van der Waals surface area (Å²) in [5.74, 6) is 4.67. The number of amides is 1. The Bertz CT molecular complexity index is 705. The van der Waals surface area contributed by atoms with Gasteiger partial charge in [0.15, 0.2) is 0 Å². The van der Waals surface area contributed by atoms with E-state index in [4.69, 9.17) is 5.11 Å². The molecule has 2 aromatic rings. The minimum absolute atomic E-state index is 0.00992. The van der Waals surface area contributed by atoms with E-state index in [0.717, 1.165) is 17.8 Å². The van der Waals surface area contributed by atoms with Gasteiger partial charge in [-0.1, -0.05) is 17.9 Å². The van der Waals surface area contributed by atoms with E-state index in [2.05, 4.69) is 22.1 Å². The van der Waals surface area contributed by atoms with Gasteiger partial charge in [0.25, 0.3) is 5.91 Å². The number of carbonyl (C=O) groups excluding carboxylic acids is 1. The van der Waals surface area contributed by atoms with Gasteiger partial charge in [-0.15, -0.1) is 0 Å². The summed E-state index contributed by atoms with van der Waals surface area (Å²) in [7, 11) is 0. The Balaban J connectivity index is 2.11. The first-order valence-electron chi connectivity index (χ1n) is 6.31. The molecule has 0 aliphatic carbocycles. The molecule has 5 heteroatoms. The van der Waals surface area contributed by atoms with Gasteiger partial charge in [0, 0.05) is 23.9 Å². The number of anilines is 1. The van der Waals surface area contributed by atoms with Crippen molar-refractivity contribution >= 4 is 11.6 Å². The maximum absolute atomic E-state index is 13.0. The number of rotatable bonds is 3. The van der Waals surface area contributed by atoms with Crippen LogP contribution in [0, 0.1) is 17.7 Å². The molecule has 21 heavy (non-hydrogen) atoms. The molecular formula is C16H13FN2O2. The van der Waals surface area contributed by atoms with Crippen LogP contribution in [0.2, 0.25) is 0 Å². The second kappa shape index (κ2) is 7.17. The van der Waals surface area contributed by atoms with Crippen LogP contribution in [0.3, 0.4) is 0 Å². The summed E-state index contributed by atoms with van der Waals surface area (Å²) in [5.41, 5.74) is 1.42. The number of nitrogens with zero attached hydrogens (tertiary/aromatic N) is 1. The third-order valence-electron chi connectivity index (χ3n) is 2.56. The van der Waals surface area contributed by atoms with Crippen LogP contribution < -0.4 is 5.32 Å². The fourth-order valence-corrected chi connectivity index (χ4v) is 1.63. The van der Waals surface area contributed by atoms with Crippen LogP contribution in [0.15, 0.2) is 42.7 Å². The van der Waals surface area contributed by atoms with Gasteiger partial charge in [-0.25, -0.2) is 4.39 Å². The first-order chi connectivity index (χ1) is 10.2. The highest BCUT2D eigenvalue weighted by Crippen LogP contribution is 2.12. The van der Waals surface area contributed by atoms with Crippen LogP contribution in [0.5, 0.6) is 0 Å². The average Bonchev–Trinajstić information content (AvgIpc) is 2.48. The second-order valence-corrected chi connectivity index (χ2v) is 4.20. The predicted octanol–water partition coefficient (Wildman–Crippen LogP) is 2.21. The predicted molar refractivity (Wildman–Crippen MR) is 77.2 cm³/mol. The van der Waals surface area contributed by atoms with Crippen LogP contribution >= 0.6 is 0 Å². The molecule has 1 aromatic heterocycles. The number of aliphatic hydroxyl groups excluding tert-OH is 1. The molecule has 0 spiro atoms. The van der Waals surface area contributed by atoms with Crippen LogP contribution in [-0.2, 0) is 0 Å². The van der Waals surface area contributed by atoms with E-state index in [1.54, 1.807) is 24.3 Å². The van der Waals surface area contributed by atoms with E-state index < -0.39 is 11.7 Å². The molecule has 0 saturated carbocycles. The highest BCUT2D eigenvalue weighted by atomic mass is 19.1. The van der Waals surface area contributed by atoms with E-state index in [0.29, 0.717) is 12.1 Å². The van der Waals surface area contributed by atoms with E-state index in [1.165, 1.54) is 6.20 Å². The van der Waals surface area contributed by atoms with Crippen LogP contribution in [0.25, 0.3) is 0 Å². The van der Waals surface area contributed by atoms with Gasteiger partial charge < -0.3 is 10.4 Å². The quantitative estimate of drug-likeness (QED) is 0.849. The number of carbonyl (C=O) groups is 1. The zero-order valence-electron chi connectivity index (χ0n) is 11.1. The SMILES string of the molecule is O=C(Nc1cccc(C#CCCO)c1)c1cncc(F)c1. The minimum atomic E-state index is -0.564. The number of aliphatic hydroxyl groups is 1. The van der Waals surface area contributed by atoms with Crippen molar-refractivity contribution in [3.8, 4) is 11.8 Å². The summed E-state index contributed by atoms with van der Waals surface area (Å²) in [4.78, 5) is 15.6. The van der Waals surface area contributed by atoms with E-state index in [-0.39, 0.29) is 12.2 Å². The molecule has 1 heterocycles. The van der Waals surface area contributed by atoms with Gasteiger partial charge in [0.2, 0.25) is 0 Å². The zero-order chi connectivity index (χ0) is 15.1. The van der Waals surface area contributed by atoms with Crippen LogP contribution in [-0.4, -0.2) is 22.6 Å². The Kier molecular flexibility index (Phi) is 5.02. The summed E-state index contributed by atoms with van der Waals surface area (Å²) >= 11 is 0. The smallest absolute Gasteiger partial charge is 0.257 e. The molecule has 0 radical (unpaired) electrons. The van der Waals surface area contributed by atoms with Crippen molar-refractivity contribution in [1.82, 2.24) is 4.98 Å². The summed E-state index contributed by atoms with van der Waals surface area (Å²) in [6, 6.07) is 8.08. The average molecular weight is 284 g/mol. The molecule has 0 saturated heterocycles. The van der Waals surface area contributed by atoms with Crippen molar-refractivity contribution in [2.45, 2.75) is 6.42 Å². The lowest BCUT2D eigenvalue weighted by molar-refractivity contribution is 0.102. The molecule has 1 amide bonds. The molecule has 2 rings (SSSR count). The lowest BCUT2D eigenvalue weighted by atomic mass is 10.2. The maximum atomic E-state index is 13.0. The van der Waals surface area contributed by atoms with Crippen LogP contribution in [0.4, 0.5) is 10.1 Å². The molecule has 4 nitrogen and oxygen atoms in total. The van der Waals surface area contributed by atoms with Gasteiger partial charge in [-0.3, -0.25) is 9.78 Å². The number of aromatic nitrogens is 1.